The Morgan fingerprint density at radius 3 is 1.79 bits per heavy atom. The van der Waals surface area contributed by atoms with Gasteiger partial charge < -0.3 is 21.7 Å². The van der Waals surface area contributed by atoms with Crippen molar-refractivity contribution < 1.29 is 57.2 Å². The Labute approximate surface area is 183 Å². The number of hydrogen-bond acceptors (Lipinski definition) is 6. The van der Waals surface area contributed by atoms with E-state index in [4.69, 9.17) is 20.6 Å². The van der Waals surface area contributed by atoms with Crippen LogP contribution in [0.1, 0.15) is 25.7 Å². The van der Waals surface area contributed by atoms with E-state index in [2.05, 4.69) is 0 Å². The third-order valence-electron chi connectivity index (χ3n) is 4.57. The fourth-order valence-corrected chi connectivity index (χ4v) is 4.37. The Morgan fingerprint density at radius 1 is 0.897 bits per heavy atom. The summed E-state index contributed by atoms with van der Waals surface area (Å²) >= 11 is 0. The number of nitrogens with one attached hydrogen (secondary N) is 2. The van der Waals surface area contributed by atoms with Crippen LogP contribution in [-0.4, -0.2) is 59.6 Å². The van der Waals surface area contributed by atoms with Crippen molar-refractivity contribution in [1.82, 2.24) is 0 Å². The minimum Gasteiger partial charge on any atom is -0.676 e. The van der Waals surface area contributed by atoms with Crippen LogP contribution in [0, 0.1) is 0 Å². The van der Waals surface area contributed by atoms with Crippen molar-refractivity contribution in [3.05, 3.63) is 57.6 Å². The first-order valence-electron chi connectivity index (χ1n) is 8.41. The van der Waals surface area contributed by atoms with Gasteiger partial charge in [0.2, 0.25) is 0 Å². The van der Waals surface area contributed by atoms with E-state index >= 15 is 0 Å². The third kappa shape index (κ3) is 6.83. The maximum absolute atomic E-state index is 11.1. The number of aliphatic hydroxyl groups excluding tert-OH is 2. The number of allylic oxidation sites excluding steroid dienone is 4. The standard InChI is InChI=1S/C10H10O8S2.C6H12N2.Pt/c11-7-1-5-2-8(12)10(20(16,17)18)4-6(5)3-9(7)19(13,14)15;7-5-3-1-2-4-6(5)8;/h1-4,7,10-12H,(H,13,14,15)(H,16,17,18);5-8H,1-4H2;/q;-2;+2. The molecule has 1 fully saturated rings. The molecule has 0 aromatic heterocycles. The predicted molar refractivity (Wildman–Crippen MR) is 103 cm³/mol. The van der Waals surface area contributed by atoms with Crippen LogP contribution in [0.25, 0.3) is 11.5 Å². The van der Waals surface area contributed by atoms with Crippen LogP contribution in [0.2, 0.25) is 0 Å². The number of aliphatic hydroxyl groups is 2. The van der Waals surface area contributed by atoms with Crippen LogP contribution >= 0.6 is 0 Å². The molecular weight excluding hydrogens is 607 g/mol. The van der Waals surface area contributed by atoms with Crippen molar-refractivity contribution in [1.29, 1.82) is 0 Å². The van der Waals surface area contributed by atoms with Crippen LogP contribution in [0.4, 0.5) is 0 Å². The Morgan fingerprint density at radius 2 is 1.38 bits per heavy atom. The summed E-state index contributed by atoms with van der Waals surface area (Å²) in [5.41, 5.74) is 14.8. The normalized spacial score (nSPS) is 29.6. The number of rotatable bonds is 2. The molecule has 3 rings (SSSR count). The molecule has 166 valence electrons. The van der Waals surface area contributed by atoms with Gasteiger partial charge in [0.1, 0.15) is 16.8 Å². The van der Waals surface area contributed by atoms with Gasteiger partial charge in [-0.05, 0) is 35.5 Å². The molecule has 13 heteroatoms. The summed E-state index contributed by atoms with van der Waals surface area (Å²) in [7, 11) is -9.28. The molecule has 6 N–H and O–H groups in total. The summed E-state index contributed by atoms with van der Waals surface area (Å²) < 4.78 is 62.1. The molecule has 4 atom stereocenters. The first-order valence-corrected chi connectivity index (χ1v) is 11.3. The van der Waals surface area contributed by atoms with Crippen molar-refractivity contribution in [3.63, 3.8) is 0 Å². The number of hydrogen-bond donors (Lipinski definition) is 4. The summed E-state index contributed by atoms with van der Waals surface area (Å²) in [6, 6.07) is -0.160. The van der Waals surface area contributed by atoms with Gasteiger partial charge in [0.15, 0.2) is 5.25 Å². The second-order valence-electron chi connectivity index (χ2n) is 6.71. The first kappa shape index (κ1) is 26.2. The average Bonchev–Trinajstić information content (AvgIpc) is 2.55. The zero-order valence-corrected chi connectivity index (χ0v) is 18.9. The van der Waals surface area contributed by atoms with E-state index in [9.17, 15) is 27.0 Å². The molecule has 0 aromatic carbocycles. The largest absolute Gasteiger partial charge is 2.00 e. The van der Waals surface area contributed by atoms with E-state index in [1.807, 2.05) is 0 Å². The van der Waals surface area contributed by atoms with Crippen molar-refractivity contribution in [3.8, 4) is 0 Å². The van der Waals surface area contributed by atoms with Crippen LogP contribution in [0.15, 0.2) is 46.1 Å². The molecule has 0 aliphatic heterocycles. The molecule has 0 radical (unpaired) electrons. The van der Waals surface area contributed by atoms with Gasteiger partial charge in [-0.1, -0.05) is 25.7 Å². The average molecular weight is 630 g/mol. The maximum Gasteiger partial charge on any atom is 2.00 e. The van der Waals surface area contributed by atoms with E-state index in [0.717, 1.165) is 37.1 Å². The summed E-state index contributed by atoms with van der Waals surface area (Å²) in [6.45, 7) is 0. The SMILES string of the molecule is O=S(=O)(O)C1=CC2=CC(S(=O)(=O)O)C(O)=CC2=CC1O.[NH-]C1CCCCC1[NH-].[Pt+2]. The molecule has 29 heavy (non-hydrogen) atoms. The van der Waals surface area contributed by atoms with Gasteiger partial charge in [0.05, 0.1) is 0 Å². The predicted octanol–water partition coefficient (Wildman–Crippen LogP) is 2.10. The van der Waals surface area contributed by atoms with Gasteiger partial charge in [0, 0.05) is 0 Å². The molecule has 1 saturated carbocycles. The molecule has 0 aromatic rings. The second-order valence-corrected chi connectivity index (χ2v) is 9.67. The Kier molecular flexibility index (Phi) is 9.00. The summed E-state index contributed by atoms with van der Waals surface area (Å²) in [4.78, 5) is -0.726. The van der Waals surface area contributed by atoms with Crippen molar-refractivity contribution >= 4 is 20.2 Å². The molecule has 3 aliphatic rings. The second kappa shape index (κ2) is 9.97. The molecule has 3 aliphatic carbocycles. The van der Waals surface area contributed by atoms with Crippen molar-refractivity contribution in [2.24, 2.45) is 0 Å². The van der Waals surface area contributed by atoms with Gasteiger partial charge >= 0.3 is 21.1 Å². The van der Waals surface area contributed by atoms with E-state index in [1.54, 1.807) is 0 Å². The van der Waals surface area contributed by atoms with Gasteiger partial charge in [-0.25, -0.2) is 0 Å². The molecule has 0 spiro atoms. The van der Waals surface area contributed by atoms with E-state index in [0.29, 0.717) is 0 Å². The fourth-order valence-electron chi connectivity index (χ4n) is 3.03. The molecule has 0 amide bonds. The van der Waals surface area contributed by atoms with E-state index < -0.39 is 42.3 Å². The summed E-state index contributed by atoms with van der Waals surface area (Å²) in [5.74, 6) is -0.668. The third-order valence-corrected chi connectivity index (χ3v) is 6.55. The number of fused-ring (bicyclic) bond motifs is 1. The Balaban J connectivity index is 0.000000394. The molecule has 10 nitrogen and oxygen atoms in total. The van der Waals surface area contributed by atoms with Gasteiger partial charge in [-0.15, -0.1) is 0 Å². The monoisotopic (exact) mass is 629 g/mol. The van der Waals surface area contributed by atoms with Crippen molar-refractivity contribution in [2.45, 2.75) is 49.1 Å². The van der Waals surface area contributed by atoms with E-state index in [-0.39, 0.29) is 44.3 Å². The molecule has 0 heterocycles. The topological polar surface area (TPSA) is 197 Å². The summed E-state index contributed by atoms with van der Waals surface area (Å²) in [6.07, 6.45) is 6.41. The van der Waals surface area contributed by atoms with Gasteiger partial charge in [0.25, 0.3) is 20.2 Å². The Bertz CT molecular complexity index is 943. The molecule has 0 bridgehead atoms. The quantitative estimate of drug-likeness (QED) is 0.333. The van der Waals surface area contributed by atoms with E-state index in [1.165, 1.54) is 12.8 Å². The Hall–Kier alpha value is -0.852. The van der Waals surface area contributed by atoms with Crippen molar-refractivity contribution in [2.75, 3.05) is 0 Å². The molecule has 0 saturated heterocycles. The van der Waals surface area contributed by atoms with Gasteiger partial charge in [-0.3, -0.25) is 9.11 Å². The van der Waals surface area contributed by atoms with Gasteiger partial charge in [-0.2, -0.15) is 28.9 Å². The van der Waals surface area contributed by atoms with Crippen LogP contribution in [-0.2, 0) is 41.3 Å². The minimum absolute atomic E-state index is 0. The molecular formula is C16H22N2O8PtS2. The first-order chi connectivity index (χ1) is 12.8. The minimum atomic E-state index is -4.66. The maximum atomic E-state index is 11.1. The molecule has 4 unspecified atom stereocenters. The van der Waals surface area contributed by atoms with Crippen LogP contribution < -0.4 is 0 Å². The smallest absolute Gasteiger partial charge is 0.676 e. The zero-order chi connectivity index (χ0) is 21.3. The van der Waals surface area contributed by atoms with Crippen LogP contribution in [0.5, 0.6) is 0 Å². The fraction of sp³-hybridized carbons (Fsp3) is 0.500. The van der Waals surface area contributed by atoms with Crippen LogP contribution in [0.3, 0.4) is 0 Å². The zero-order valence-electron chi connectivity index (χ0n) is 15.0. The summed E-state index contributed by atoms with van der Waals surface area (Å²) in [5, 5.41) is 17.4.